The number of aromatic nitrogens is 4. The highest BCUT2D eigenvalue weighted by atomic mass is 19.1. The minimum absolute atomic E-state index is 0.0396. The molecule has 0 unspecified atom stereocenters. The molecule has 0 atom stereocenters. The second-order valence-electron chi connectivity index (χ2n) is 8.27. The smallest absolute Gasteiger partial charge is 0.276 e. The lowest BCUT2D eigenvalue weighted by molar-refractivity contribution is 0.0211. The fourth-order valence-electron chi connectivity index (χ4n) is 3.97. The summed E-state index contributed by atoms with van der Waals surface area (Å²) in [6, 6.07) is 3.97. The van der Waals surface area contributed by atoms with Crippen molar-refractivity contribution >= 4 is 28.7 Å². The highest BCUT2D eigenvalue weighted by Gasteiger charge is 2.24. The van der Waals surface area contributed by atoms with Gasteiger partial charge in [-0.15, -0.1) is 5.10 Å². The summed E-state index contributed by atoms with van der Waals surface area (Å²) in [6.07, 6.45) is 7.72. The van der Waals surface area contributed by atoms with Crippen molar-refractivity contribution in [1.29, 1.82) is 0 Å². The van der Waals surface area contributed by atoms with Gasteiger partial charge in [0.15, 0.2) is 17.2 Å². The first kappa shape index (κ1) is 20.6. The molecular weight excluding hydrogens is 415 g/mol. The molecule has 1 saturated carbocycles. The Morgan fingerprint density at radius 1 is 1.12 bits per heavy atom. The minimum Gasteiger partial charge on any atom is -0.377 e. The van der Waals surface area contributed by atoms with Crippen molar-refractivity contribution in [1.82, 2.24) is 19.6 Å². The van der Waals surface area contributed by atoms with Crippen LogP contribution in [0.1, 0.15) is 36.2 Å². The lowest BCUT2D eigenvalue weighted by atomic mass is 9.92. The number of halogens is 1. The molecular formula is C21H25FN8O2. The monoisotopic (exact) mass is 440 g/mol. The molecule has 10 nitrogen and oxygen atoms in total. The third-order valence-electron chi connectivity index (χ3n) is 5.84. The standard InChI is InChI=1S/C21H25FN8O2/c22-15-8-24-6-5-16(15)28-21(31)18-9-25-20-17(26-14-10-32-11-14)7-19(29-30(18)20)27-13-3-1-12(23)2-4-13/h5-9,12-14,26H,1-4,10-11,23H2,(H,27,29)(H,24,28,31). The normalized spacial score (nSPS) is 21.2. The van der Waals surface area contributed by atoms with Gasteiger partial charge in [0, 0.05) is 24.3 Å². The van der Waals surface area contributed by atoms with Crippen LogP contribution in [-0.2, 0) is 4.74 Å². The van der Waals surface area contributed by atoms with Gasteiger partial charge in [-0.05, 0) is 31.7 Å². The number of hydrogen-bond acceptors (Lipinski definition) is 8. The number of imidazole rings is 1. The molecule has 0 bridgehead atoms. The lowest BCUT2D eigenvalue weighted by Crippen LogP contribution is -2.40. The summed E-state index contributed by atoms with van der Waals surface area (Å²) in [7, 11) is 0. The van der Waals surface area contributed by atoms with Gasteiger partial charge in [-0.25, -0.2) is 13.9 Å². The van der Waals surface area contributed by atoms with Crippen LogP contribution >= 0.6 is 0 Å². The van der Waals surface area contributed by atoms with Crippen LogP contribution in [0.3, 0.4) is 0 Å². The summed E-state index contributed by atoms with van der Waals surface area (Å²) in [5.41, 5.74) is 7.51. The molecule has 32 heavy (non-hydrogen) atoms. The van der Waals surface area contributed by atoms with Crippen LogP contribution in [0.2, 0.25) is 0 Å². The van der Waals surface area contributed by atoms with Gasteiger partial charge < -0.3 is 26.4 Å². The average Bonchev–Trinajstić information content (AvgIpc) is 3.18. The number of amides is 1. The van der Waals surface area contributed by atoms with E-state index in [1.165, 1.54) is 23.0 Å². The average molecular weight is 440 g/mol. The van der Waals surface area contributed by atoms with Crippen molar-refractivity contribution in [2.45, 2.75) is 43.8 Å². The maximum Gasteiger partial charge on any atom is 0.276 e. The van der Waals surface area contributed by atoms with Crippen LogP contribution < -0.4 is 21.7 Å². The predicted octanol–water partition coefficient (Wildman–Crippen LogP) is 2.01. The van der Waals surface area contributed by atoms with E-state index in [1.807, 2.05) is 6.07 Å². The molecule has 1 saturated heterocycles. The van der Waals surface area contributed by atoms with Crippen LogP contribution in [0.4, 0.5) is 21.6 Å². The number of nitrogens with two attached hydrogens (primary N) is 1. The number of rotatable bonds is 6. The van der Waals surface area contributed by atoms with Crippen molar-refractivity contribution in [3.8, 4) is 0 Å². The van der Waals surface area contributed by atoms with Gasteiger partial charge in [-0.2, -0.15) is 0 Å². The molecule has 3 aromatic rings. The van der Waals surface area contributed by atoms with E-state index in [1.54, 1.807) is 0 Å². The third-order valence-corrected chi connectivity index (χ3v) is 5.84. The Bertz CT molecular complexity index is 1120. The van der Waals surface area contributed by atoms with Crippen LogP contribution in [-0.4, -0.2) is 56.8 Å². The zero-order valence-electron chi connectivity index (χ0n) is 17.4. The third kappa shape index (κ3) is 4.21. The first-order chi connectivity index (χ1) is 15.6. The number of carbonyl (C=O) groups is 1. The van der Waals surface area contributed by atoms with Crippen LogP contribution in [0, 0.1) is 5.82 Å². The molecule has 1 aliphatic carbocycles. The first-order valence-electron chi connectivity index (χ1n) is 10.7. The van der Waals surface area contributed by atoms with Gasteiger partial charge in [-0.1, -0.05) is 0 Å². The number of nitrogens with zero attached hydrogens (tertiary/aromatic N) is 4. The molecule has 2 fully saturated rings. The van der Waals surface area contributed by atoms with Crippen LogP contribution in [0.25, 0.3) is 5.65 Å². The summed E-state index contributed by atoms with van der Waals surface area (Å²) in [5.74, 6) is -0.510. The molecule has 11 heteroatoms. The second-order valence-corrected chi connectivity index (χ2v) is 8.27. The van der Waals surface area contributed by atoms with E-state index in [2.05, 4.69) is 31.0 Å². The highest BCUT2D eigenvalue weighted by molar-refractivity contribution is 6.03. The van der Waals surface area contributed by atoms with Crippen molar-refractivity contribution in [2.24, 2.45) is 5.73 Å². The van der Waals surface area contributed by atoms with Gasteiger partial charge in [0.1, 0.15) is 5.82 Å². The molecule has 3 aromatic heterocycles. The zero-order valence-corrected chi connectivity index (χ0v) is 17.4. The zero-order chi connectivity index (χ0) is 22.1. The van der Waals surface area contributed by atoms with E-state index in [4.69, 9.17) is 10.5 Å². The number of ether oxygens (including phenoxy) is 1. The summed E-state index contributed by atoms with van der Waals surface area (Å²) in [4.78, 5) is 21.0. The number of hydrogen-bond donors (Lipinski definition) is 4. The SMILES string of the molecule is NC1CCC(Nc2cc(NC3COC3)c3ncc(C(=O)Nc4ccncc4F)n3n2)CC1. The lowest BCUT2D eigenvalue weighted by Gasteiger charge is -2.29. The maximum atomic E-state index is 14.0. The molecule has 0 radical (unpaired) electrons. The molecule has 2 aliphatic rings. The van der Waals surface area contributed by atoms with E-state index < -0.39 is 11.7 Å². The number of fused-ring (bicyclic) bond motifs is 1. The Morgan fingerprint density at radius 2 is 1.94 bits per heavy atom. The number of anilines is 3. The first-order valence-corrected chi connectivity index (χ1v) is 10.7. The van der Waals surface area contributed by atoms with E-state index in [-0.39, 0.29) is 29.5 Å². The van der Waals surface area contributed by atoms with Crippen molar-refractivity contribution in [3.05, 3.63) is 42.2 Å². The fourth-order valence-corrected chi connectivity index (χ4v) is 3.97. The van der Waals surface area contributed by atoms with E-state index in [9.17, 15) is 9.18 Å². The molecule has 0 spiro atoms. The van der Waals surface area contributed by atoms with E-state index in [0.717, 1.165) is 37.6 Å². The van der Waals surface area contributed by atoms with Crippen molar-refractivity contribution in [2.75, 3.05) is 29.2 Å². The van der Waals surface area contributed by atoms with Gasteiger partial charge in [-0.3, -0.25) is 9.78 Å². The predicted molar refractivity (Wildman–Crippen MR) is 117 cm³/mol. The summed E-state index contributed by atoms with van der Waals surface area (Å²) >= 11 is 0. The van der Waals surface area contributed by atoms with E-state index >= 15 is 0 Å². The van der Waals surface area contributed by atoms with E-state index in [0.29, 0.717) is 24.7 Å². The minimum atomic E-state index is -0.618. The Hall–Kier alpha value is -3.31. The van der Waals surface area contributed by atoms with Gasteiger partial charge in [0.25, 0.3) is 5.91 Å². The molecule has 0 aromatic carbocycles. The van der Waals surface area contributed by atoms with Crippen LogP contribution in [0.5, 0.6) is 0 Å². The Morgan fingerprint density at radius 3 is 2.66 bits per heavy atom. The van der Waals surface area contributed by atoms with Gasteiger partial charge in [0.2, 0.25) is 0 Å². The summed E-state index contributed by atoms with van der Waals surface area (Å²) in [6.45, 7) is 1.21. The Kier molecular flexibility index (Phi) is 5.58. The fraction of sp³-hybridized carbons (Fsp3) is 0.429. The summed E-state index contributed by atoms with van der Waals surface area (Å²) < 4.78 is 20.7. The molecule has 5 rings (SSSR count). The van der Waals surface area contributed by atoms with Crippen LogP contribution in [0.15, 0.2) is 30.7 Å². The molecule has 1 amide bonds. The largest absolute Gasteiger partial charge is 0.377 e. The quantitative estimate of drug-likeness (QED) is 0.458. The van der Waals surface area contributed by atoms with Crippen molar-refractivity contribution in [3.63, 3.8) is 0 Å². The topological polar surface area (TPSA) is 131 Å². The Balaban J connectivity index is 1.46. The molecule has 5 N–H and O–H groups in total. The maximum absolute atomic E-state index is 14.0. The molecule has 1 aliphatic heterocycles. The van der Waals surface area contributed by atoms with Crippen molar-refractivity contribution < 1.29 is 13.9 Å². The molecule has 168 valence electrons. The number of carbonyl (C=O) groups excluding carboxylic acids is 1. The second kappa shape index (κ2) is 8.67. The Labute approximate surface area is 183 Å². The van der Waals surface area contributed by atoms with Gasteiger partial charge in [0.05, 0.1) is 43.0 Å². The highest BCUT2D eigenvalue weighted by Crippen LogP contribution is 2.26. The van der Waals surface area contributed by atoms with Gasteiger partial charge >= 0.3 is 0 Å². The molecule has 4 heterocycles. The number of pyridine rings is 1. The summed E-state index contributed by atoms with van der Waals surface area (Å²) in [5, 5.41) is 14.1. The number of nitrogens with one attached hydrogen (secondary N) is 3.